The second-order valence-corrected chi connectivity index (χ2v) is 3.77. The fourth-order valence-electron chi connectivity index (χ4n) is 0.416. The molecule has 0 aliphatic heterocycles. The molecule has 0 bridgehead atoms. The van der Waals surface area contributed by atoms with E-state index >= 15 is 0 Å². The minimum Gasteiger partial charge on any atom is -0.370 e. The van der Waals surface area contributed by atoms with Gasteiger partial charge in [-0.15, -0.1) is 0 Å². The number of aliphatic hydroxyl groups excluding tert-OH is 1. The smallest absolute Gasteiger partial charge is 0.370 e. The summed E-state index contributed by atoms with van der Waals surface area (Å²) in [5.41, 5.74) is 0. The van der Waals surface area contributed by atoms with E-state index in [1.165, 1.54) is 13.8 Å². The van der Waals surface area contributed by atoms with E-state index in [0.717, 1.165) is 0 Å². The normalized spacial score (nSPS) is 16.6. The Labute approximate surface area is 68.2 Å². The first-order chi connectivity index (χ1) is 4.63. The molecule has 2 nitrogen and oxygen atoms in total. The molecule has 0 rings (SSSR count). The van der Waals surface area contributed by atoms with Gasteiger partial charge in [0.05, 0.1) is 4.87 Å². The van der Waals surface area contributed by atoms with Crippen LogP contribution in [-0.4, -0.2) is 22.4 Å². The third kappa shape index (κ3) is 5.34. The molecule has 68 valence electrons. The summed E-state index contributed by atoms with van der Waals surface area (Å²) in [4.78, 5) is -1.05. The van der Waals surface area contributed by atoms with Gasteiger partial charge in [-0.3, -0.25) is 5.32 Å². The second kappa shape index (κ2) is 3.20. The van der Waals surface area contributed by atoms with Crippen molar-refractivity contribution in [3.05, 3.63) is 0 Å². The van der Waals surface area contributed by atoms with Crippen LogP contribution in [0.2, 0.25) is 0 Å². The Balaban J connectivity index is 3.99. The maximum absolute atomic E-state index is 11.6. The van der Waals surface area contributed by atoms with Crippen LogP contribution in [0.15, 0.2) is 0 Å². The van der Waals surface area contributed by atoms with Gasteiger partial charge in [-0.2, -0.15) is 25.8 Å². The summed E-state index contributed by atoms with van der Waals surface area (Å²) >= 11 is 3.75. The van der Waals surface area contributed by atoms with Crippen LogP contribution >= 0.6 is 12.6 Å². The van der Waals surface area contributed by atoms with Gasteiger partial charge in [0.2, 0.25) is 6.23 Å². The first kappa shape index (κ1) is 11.1. The number of alkyl halides is 3. The number of nitrogens with one attached hydrogen (secondary N) is 1. The van der Waals surface area contributed by atoms with Crippen molar-refractivity contribution in [2.75, 3.05) is 0 Å². The molecule has 0 saturated heterocycles. The topological polar surface area (TPSA) is 32.3 Å². The van der Waals surface area contributed by atoms with Gasteiger partial charge in [-0.25, -0.2) is 0 Å². The molecule has 11 heavy (non-hydrogen) atoms. The minimum absolute atomic E-state index is 1.05. The molecule has 0 aromatic carbocycles. The van der Waals surface area contributed by atoms with Gasteiger partial charge in [0.25, 0.3) is 0 Å². The van der Waals surface area contributed by atoms with Gasteiger partial charge in [-0.05, 0) is 13.8 Å². The Morgan fingerprint density at radius 3 is 1.82 bits per heavy atom. The van der Waals surface area contributed by atoms with Gasteiger partial charge >= 0.3 is 6.18 Å². The molecular formula is C5H10F3NOS. The van der Waals surface area contributed by atoms with Crippen LogP contribution in [0.3, 0.4) is 0 Å². The van der Waals surface area contributed by atoms with Crippen LogP contribution in [-0.2, 0) is 0 Å². The highest BCUT2D eigenvalue weighted by molar-refractivity contribution is 7.81. The molecule has 0 heterocycles. The molecule has 0 aromatic rings. The zero-order valence-corrected chi connectivity index (χ0v) is 7.00. The molecular weight excluding hydrogens is 179 g/mol. The van der Waals surface area contributed by atoms with E-state index in [9.17, 15) is 13.2 Å². The Morgan fingerprint density at radius 1 is 1.36 bits per heavy atom. The van der Waals surface area contributed by atoms with E-state index < -0.39 is 17.3 Å². The van der Waals surface area contributed by atoms with Crippen molar-refractivity contribution in [3.63, 3.8) is 0 Å². The van der Waals surface area contributed by atoms with Crippen LogP contribution in [0, 0.1) is 0 Å². The van der Waals surface area contributed by atoms with E-state index in [-0.39, 0.29) is 0 Å². The lowest BCUT2D eigenvalue weighted by Crippen LogP contribution is -2.49. The minimum atomic E-state index is -4.64. The Bertz CT molecular complexity index is 131. The van der Waals surface area contributed by atoms with E-state index in [4.69, 9.17) is 5.11 Å². The summed E-state index contributed by atoms with van der Waals surface area (Å²) in [7, 11) is 0. The van der Waals surface area contributed by atoms with Crippen molar-refractivity contribution in [2.24, 2.45) is 0 Å². The monoisotopic (exact) mass is 189 g/mol. The first-order valence-corrected chi connectivity index (χ1v) is 3.32. The fourth-order valence-corrected chi connectivity index (χ4v) is 0.539. The molecule has 0 spiro atoms. The van der Waals surface area contributed by atoms with E-state index in [0.29, 0.717) is 0 Å². The van der Waals surface area contributed by atoms with Crippen molar-refractivity contribution in [2.45, 2.75) is 31.1 Å². The number of halogens is 3. The lowest BCUT2D eigenvalue weighted by molar-refractivity contribution is -0.216. The maximum Gasteiger partial charge on any atom is 0.428 e. The first-order valence-electron chi connectivity index (χ1n) is 2.88. The number of thiol groups is 1. The van der Waals surface area contributed by atoms with E-state index in [1.54, 1.807) is 0 Å². The van der Waals surface area contributed by atoms with E-state index in [1.807, 2.05) is 5.32 Å². The summed E-state index contributed by atoms with van der Waals surface area (Å²) in [6.45, 7) is 2.82. The number of aliphatic hydroxyl groups is 1. The van der Waals surface area contributed by atoms with Crippen molar-refractivity contribution in [1.82, 2.24) is 5.32 Å². The second-order valence-electron chi connectivity index (χ2n) is 2.65. The van der Waals surface area contributed by atoms with E-state index in [2.05, 4.69) is 12.6 Å². The summed E-state index contributed by atoms with van der Waals surface area (Å²) < 4.78 is 34.9. The van der Waals surface area contributed by atoms with Crippen molar-refractivity contribution < 1.29 is 18.3 Å². The molecule has 1 atom stereocenters. The summed E-state index contributed by atoms with van der Waals surface area (Å²) in [6, 6.07) is 0. The third-order valence-electron chi connectivity index (χ3n) is 0.800. The predicted octanol–water partition coefficient (Wildman–Crippen LogP) is 1.12. The molecule has 0 aliphatic rings. The predicted molar refractivity (Wildman–Crippen MR) is 38.3 cm³/mol. The molecule has 0 amide bonds. The van der Waals surface area contributed by atoms with Gasteiger partial charge in [0, 0.05) is 0 Å². The summed E-state index contributed by atoms with van der Waals surface area (Å²) in [6.07, 6.45) is -7.16. The number of hydrogen-bond acceptors (Lipinski definition) is 3. The van der Waals surface area contributed by atoms with Gasteiger partial charge in [-0.1, -0.05) is 0 Å². The maximum atomic E-state index is 11.6. The van der Waals surface area contributed by atoms with Gasteiger partial charge < -0.3 is 5.11 Å². The van der Waals surface area contributed by atoms with Crippen molar-refractivity contribution in [1.29, 1.82) is 0 Å². The highest BCUT2D eigenvalue weighted by Gasteiger charge is 2.40. The Morgan fingerprint density at radius 2 is 1.73 bits per heavy atom. The Hall–Kier alpha value is 0.0600. The van der Waals surface area contributed by atoms with Crippen LogP contribution in [0.5, 0.6) is 0 Å². The highest BCUT2D eigenvalue weighted by Crippen LogP contribution is 2.21. The number of hydrogen-bond donors (Lipinski definition) is 3. The summed E-state index contributed by atoms with van der Waals surface area (Å²) in [5, 5.41) is 10.3. The molecule has 0 aliphatic carbocycles. The standard InChI is InChI=1S/C5H10F3NOS/c1-4(2,11)9-3(10)5(6,7)8/h3,9-11H,1-2H3. The average Bonchev–Trinajstić information content (AvgIpc) is 1.56. The lowest BCUT2D eigenvalue weighted by atomic mass is 10.3. The van der Waals surface area contributed by atoms with Crippen LogP contribution in [0.4, 0.5) is 13.2 Å². The molecule has 6 heteroatoms. The highest BCUT2D eigenvalue weighted by atomic mass is 32.1. The zero-order valence-electron chi connectivity index (χ0n) is 6.11. The van der Waals surface area contributed by atoms with Gasteiger partial charge in [0.1, 0.15) is 0 Å². The van der Waals surface area contributed by atoms with Crippen molar-refractivity contribution in [3.8, 4) is 0 Å². The quantitative estimate of drug-likeness (QED) is 0.449. The third-order valence-corrected chi connectivity index (χ3v) is 0.929. The fraction of sp³-hybridized carbons (Fsp3) is 1.00. The summed E-state index contributed by atoms with van der Waals surface area (Å²) in [5.74, 6) is 0. The number of rotatable bonds is 2. The van der Waals surface area contributed by atoms with Crippen LogP contribution in [0.1, 0.15) is 13.8 Å². The van der Waals surface area contributed by atoms with Crippen molar-refractivity contribution >= 4 is 12.6 Å². The molecule has 0 radical (unpaired) electrons. The van der Waals surface area contributed by atoms with Crippen LogP contribution < -0.4 is 5.32 Å². The zero-order chi connectivity index (χ0) is 9.28. The average molecular weight is 189 g/mol. The SMILES string of the molecule is CC(C)(S)NC(O)C(F)(F)F. The lowest BCUT2D eigenvalue weighted by Gasteiger charge is -2.25. The Kier molecular flexibility index (Phi) is 3.22. The van der Waals surface area contributed by atoms with Crippen LogP contribution in [0.25, 0.3) is 0 Å². The molecule has 0 fully saturated rings. The molecule has 2 N–H and O–H groups in total. The largest absolute Gasteiger partial charge is 0.428 e. The van der Waals surface area contributed by atoms with Gasteiger partial charge in [0.15, 0.2) is 0 Å². The molecule has 0 saturated carbocycles. The molecule has 1 unspecified atom stereocenters. The molecule has 0 aromatic heterocycles.